The molecule has 0 heterocycles. The molecule has 3 amide bonds. The van der Waals surface area contributed by atoms with Crippen molar-refractivity contribution in [1.82, 2.24) is 10.2 Å². The van der Waals surface area contributed by atoms with Crippen LogP contribution in [0.5, 0.6) is 0 Å². The second-order valence-corrected chi connectivity index (χ2v) is 7.78. The Hall–Kier alpha value is -2.67. The molecule has 0 saturated heterocycles. The number of nitrogens with one attached hydrogen (secondary N) is 2. The maximum Gasteiger partial charge on any atom is 0.254 e. The molecule has 1 aliphatic rings. The van der Waals surface area contributed by atoms with Gasteiger partial charge in [0.25, 0.3) is 5.91 Å². The van der Waals surface area contributed by atoms with E-state index in [1.165, 1.54) is 0 Å². The van der Waals surface area contributed by atoms with E-state index in [-0.39, 0.29) is 36.9 Å². The van der Waals surface area contributed by atoms with Crippen LogP contribution >= 0.6 is 15.9 Å². The molecule has 0 bridgehead atoms. The number of hydrogen-bond acceptors (Lipinski definition) is 3. The molecule has 3 rings (SSSR count). The Balaban J connectivity index is 1.52. The van der Waals surface area contributed by atoms with Crippen molar-refractivity contribution in [2.45, 2.75) is 25.8 Å². The molecule has 0 unspecified atom stereocenters. The summed E-state index contributed by atoms with van der Waals surface area (Å²) in [6.07, 6.45) is 1.78. The topological polar surface area (TPSA) is 78.5 Å². The Morgan fingerprint density at radius 3 is 2.43 bits per heavy atom. The highest BCUT2D eigenvalue weighted by Crippen LogP contribution is 2.28. The Labute approximate surface area is 172 Å². The lowest BCUT2D eigenvalue weighted by Gasteiger charge is -2.22. The number of carbonyl (C=O) groups excluding carboxylic acids is 3. The van der Waals surface area contributed by atoms with Crippen molar-refractivity contribution in [3.8, 4) is 0 Å². The van der Waals surface area contributed by atoms with E-state index in [0.717, 1.165) is 22.9 Å². The van der Waals surface area contributed by atoms with Crippen molar-refractivity contribution in [3.63, 3.8) is 0 Å². The lowest BCUT2D eigenvalue weighted by molar-refractivity contribution is -0.124. The quantitative estimate of drug-likeness (QED) is 0.689. The normalized spacial score (nSPS) is 12.9. The Kier molecular flexibility index (Phi) is 6.46. The Morgan fingerprint density at radius 2 is 1.79 bits per heavy atom. The van der Waals surface area contributed by atoms with Crippen LogP contribution in [0.4, 0.5) is 5.69 Å². The molecule has 2 aromatic carbocycles. The van der Waals surface area contributed by atoms with Crippen LogP contribution in [0.15, 0.2) is 53.0 Å². The summed E-state index contributed by atoms with van der Waals surface area (Å²) in [4.78, 5) is 38.7. The van der Waals surface area contributed by atoms with E-state index in [9.17, 15) is 14.4 Å². The van der Waals surface area contributed by atoms with Gasteiger partial charge in [0.05, 0.1) is 6.54 Å². The number of aryl methyl sites for hydroxylation is 1. The first-order valence-corrected chi connectivity index (χ1v) is 9.91. The lowest BCUT2D eigenvalue weighted by atomic mass is 10.2. The predicted molar refractivity (Wildman–Crippen MR) is 111 cm³/mol. The summed E-state index contributed by atoms with van der Waals surface area (Å²) in [5, 5.41) is 5.32. The van der Waals surface area contributed by atoms with Crippen molar-refractivity contribution in [2.24, 2.45) is 0 Å². The summed E-state index contributed by atoms with van der Waals surface area (Å²) in [6, 6.07) is 14.6. The number of nitrogens with zero attached hydrogens (tertiary/aromatic N) is 1. The number of amides is 3. The van der Waals surface area contributed by atoms with Crippen LogP contribution in [0.1, 0.15) is 28.8 Å². The lowest BCUT2D eigenvalue weighted by Crippen LogP contribution is -2.43. The van der Waals surface area contributed by atoms with Gasteiger partial charge in [0.1, 0.15) is 6.54 Å². The zero-order valence-electron chi connectivity index (χ0n) is 15.6. The molecule has 7 heteroatoms. The molecule has 2 N–H and O–H groups in total. The molecule has 2 aromatic rings. The van der Waals surface area contributed by atoms with Gasteiger partial charge in [-0.25, -0.2) is 0 Å². The predicted octanol–water partition coefficient (Wildman–Crippen LogP) is 3.12. The fourth-order valence-corrected chi connectivity index (χ4v) is 3.17. The molecular formula is C21H22BrN3O3. The van der Waals surface area contributed by atoms with Crippen molar-refractivity contribution in [2.75, 3.05) is 18.4 Å². The summed E-state index contributed by atoms with van der Waals surface area (Å²) >= 11 is 3.36. The van der Waals surface area contributed by atoms with Gasteiger partial charge in [-0.2, -0.15) is 0 Å². The monoisotopic (exact) mass is 443 g/mol. The second kappa shape index (κ2) is 9.01. The van der Waals surface area contributed by atoms with Crippen LogP contribution in [0, 0.1) is 6.92 Å². The van der Waals surface area contributed by atoms with Gasteiger partial charge in [-0.3, -0.25) is 14.4 Å². The molecule has 0 radical (unpaired) electrons. The third-order valence-corrected chi connectivity index (χ3v) is 4.91. The first-order valence-electron chi connectivity index (χ1n) is 9.12. The van der Waals surface area contributed by atoms with E-state index in [1.54, 1.807) is 35.2 Å². The van der Waals surface area contributed by atoms with E-state index in [2.05, 4.69) is 26.6 Å². The van der Waals surface area contributed by atoms with Gasteiger partial charge < -0.3 is 15.5 Å². The summed E-state index contributed by atoms with van der Waals surface area (Å²) in [7, 11) is 0. The highest BCUT2D eigenvalue weighted by atomic mass is 79.9. The van der Waals surface area contributed by atoms with Gasteiger partial charge in [0, 0.05) is 21.8 Å². The number of halogens is 1. The van der Waals surface area contributed by atoms with E-state index >= 15 is 0 Å². The molecule has 1 fully saturated rings. The average Bonchev–Trinajstić information content (AvgIpc) is 3.51. The Morgan fingerprint density at radius 1 is 1.07 bits per heavy atom. The largest absolute Gasteiger partial charge is 0.345 e. The summed E-state index contributed by atoms with van der Waals surface area (Å²) < 4.78 is 0.811. The SMILES string of the molecule is Cc1ccc(NC(=O)CNC(=O)CN(C(=O)c2cccc(Br)c2)C2CC2)cc1. The van der Waals surface area contributed by atoms with Crippen LogP contribution in [0.25, 0.3) is 0 Å². The van der Waals surface area contributed by atoms with Gasteiger partial charge in [-0.15, -0.1) is 0 Å². The van der Waals surface area contributed by atoms with Gasteiger partial charge >= 0.3 is 0 Å². The zero-order valence-corrected chi connectivity index (χ0v) is 17.2. The summed E-state index contributed by atoms with van der Waals surface area (Å²) in [5.41, 5.74) is 2.31. The van der Waals surface area contributed by atoms with Crippen LogP contribution in [-0.4, -0.2) is 41.8 Å². The third-order valence-electron chi connectivity index (χ3n) is 4.42. The van der Waals surface area contributed by atoms with Crippen molar-refractivity contribution >= 4 is 39.3 Å². The minimum atomic E-state index is -0.352. The molecule has 0 atom stereocenters. The molecule has 0 spiro atoms. The molecule has 28 heavy (non-hydrogen) atoms. The van der Waals surface area contributed by atoms with Crippen LogP contribution in [-0.2, 0) is 9.59 Å². The van der Waals surface area contributed by atoms with Gasteiger partial charge in [0.2, 0.25) is 11.8 Å². The molecule has 0 aromatic heterocycles. The number of benzene rings is 2. The molecule has 0 aliphatic heterocycles. The van der Waals surface area contributed by atoms with Crippen LogP contribution in [0.2, 0.25) is 0 Å². The number of rotatable bonds is 7. The smallest absolute Gasteiger partial charge is 0.254 e. The van der Waals surface area contributed by atoms with E-state index in [1.807, 2.05) is 25.1 Å². The average molecular weight is 444 g/mol. The second-order valence-electron chi connectivity index (χ2n) is 6.87. The summed E-state index contributed by atoms with van der Waals surface area (Å²) in [6.45, 7) is 1.76. The minimum absolute atomic E-state index is 0.0617. The van der Waals surface area contributed by atoms with Crippen molar-refractivity contribution < 1.29 is 14.4 Å². The van der Waals surface area contributed by atoms with Gasteiger partial charge in [0.15, 0.2) is 0 Å². The highest BCUT2D eigenvalue weighted by Gasteiger charge is 2.34. The third kappa shape index (κ3) is 5.66. The molecular weight excluding hydrogens is 422 g/mol. The first kappa shape index (κ1) is 20.1. The number of hydrogen-bond donors (Lipinski definition) is 2. The maximum absolute atomic E-state index is 12.8. The van der Waals surface area contributed by atoms with Gasteiger partial charge in [-0.1, -0.05) is 39.7 Å². The van der Waals surface area contributed by atoms with Gasteiger partial charge in [-0.05, 0) is 50.1 Å². The number of anilines is 1. The summed E-state index contributed by atoms with van der Waals surface area (Å²) in [5.74, 6) is -0.842. The van der Waals surface area contributed by atoms with Crippen LogP contribution in [0.3, 0.4) is 0 Å². The standard InChI is InChI=1S/C21H22BrN3O3/c1-14-5-7-17(8-6-14)24-19(26)12-23-20(27)13-25(18-9-10-18)21(28)15-3-2-4-16(22)11-15/h2-8,11,18H,9-10,12-13H2,1H3,(H,23,27)(H,24,26). The maximum atomic E-state index is 12.8. The van der Waals surface area contributed by atoms with E-state index < -0.39 is 0 Å². The van der Waals surface area contributed by atoms with E-state index in [0.29, 0.717) is 11.3 Å². The van der Waals surface area contributed by atoms with Crippen molar-refractivity contribution in [1.29, 1.82) is 0 Å². The Bertz CT molecular complexity index is 879. The minimum Gasteiger partial charge on any atom is -0.345 e. The van der Waals surface area contributed by atoms with Crippen LogP contribution < -0.4 is 10.6 Å². The fourth-order valence-electron chi connectivity index (χ4n) is 2.77. The molecule has 1 aliphatic carbocycles. The van der Waals surface area contributed by atoms with E-state index in [4.69, 9.17) is 0 Å². The van der Waals surface area contributed by atoms with Crippen molar-refractivity contribution in [3.05, 3.63) is 64.1 Å². The fraction of sp³-hybridized carbons (Fsp3) is 0.286. The zero-order chi connectivity index (χ0) is 20.1. The molecule has 1 saturated carbocycles. The number of carbonyl (C=O) groups is 3. The first-order chi connectivity index (χ1) is 13.4. The molecule has 146 valence electrons. The highest BCUT2D eigenvalue weighted by molar-refractivity contribution is 9.10. The molecule has 6 nitrogen and oxygen atoms in total.